The van der Waals surface area contributed by atoms with Gasteiger partial charge in [0.05, 0.1) is 11.5 Å². The Kier molecular flexibility index (Phi) is 3.81. The summed E-state index contributed by atoms with van der Waals surface area (Å²) in [6, 6.07) is 4.09. The number of aliphatic hydroxyl groups excluding tert-OH is 1. The van der Waals surface area contributed by atoms with Crippen molar-refractivity contribution in [1.82, 2.24) is 4.90 Å². The Morgan fingerprint density at radius 1 is 1.47 bits per heavy atom. The molecule has 3 nitrogen and oxygen atoms in total. The van der Waals surface area contributed by atoms with Crippen molar-refractivity contribution < 1.29 is 9.90 Å². The molecule has 0 bridgehead atoms. The minimum atomic E-state index is 0.00363. The molecule has 0 aliphatic rings. The van der Waals surface area contributed by atoms with Crippen LogP contribution in [0.15, 0.2) is 17.5 Å². The van der Waals surface area contributed by atoms with Crippen LogP contribution in [-0.2, 0) is 0 Å². The van der Waals surface area contributed by atoms with Gasteiger partial charge in [0.25, 0.3) is 5.91 Å². The van der Waals surface area contributed by atoms with Gasteiger partial charge in [0, 0.05) is 22.0 Å². The predicted octanol–water partition coefficient (Wildman–Crippen LogP) is 2.81. The van der Waals surface area contributed by atoms with E-state index in [4.69, 9.17) is 5.11 Å². The van der Waals surface area contributed by atoms with Gasteiger partial charge >= 0.3 is 0 Å². The summed E-state index contributed by atoms with van der Waals surface area (Å²) in [5, 5.41) is 11.0. The summed E-state index contributed by atoms with van der Waals surface area (Å²) >= 11 is 3.17. The predicted molar refractivity (Wildman–Crippen MR) is 73.0 cm³/mol. The van der Waals surface area contributed by atoms with Crippen LogP contribution in [0.5, 0.6) is 0 Å². The number of rotatable bonds is 4. The number of carbonyl (C=O) groups excluding carboxylic acids is 1. The first-order valence-electron chi connectivity index (χ1n) is 5.52. The maximum absolute atomic E-state index is 12.3. The summed E-state index contributed by atoms with van der Waals surface area (Å²) in [5.41, 5.74) is 0. The molecular formula is C12H15NO2S2. The van der Waals surface area contributed by atoms with Crippen LogP contribution in [0.1, 0.15) is 23.5 Å². The zero-order chi connectivity index (χ0) is 12.4. The van der Waals surface area contributed by atoms with E-state index in [0.29, 0.717) is 6.54 Å². The molecule has 5 heteroatoms. The molecule has 0 saturated heterocycles. The van der Waals surface area contributed by atoms with Gasteiger partial charge in [-0.25, -0.2) is 0 Å². The molecule has 1 amide bonds. The number of thiophene rings is 2. The fraction of sp³-hybridized carbons (Fsp3) is 0.417. The second-order valence-corrected chi connectivity index (χ2v) is 6.11. The quantitative estimate of drug-likeness (QED) is 0.927. The van der Waals surface area contributed by atoms with Gasteiger partial charge in [-0.15, -0.1) is 22.7 Å². The average molecular weight is 269 g/mol. The highest BCUT2D eigenvalue weighted by atomic mass is 32.1. The van der Waals surface area contributed by atoms with Crippen molar-refractivity contribution >= 4 is 38.0 Å². The Balaban J connectivity index is 2.26. The Labute approximate surface area is 108 Å². The molecule has 0 unspecified atom stereocenters. The summed E-state index contributed by atoms with van der Waals surface area (Å²) < 4.78 is 2.32. The van der Waals surface area contributed by atoms with E-state index in [1.807, 2.05) is 31.4 Å². The lowest BCUT2D eigenvalue weighted by Gasteiger charge is -2.25. The SMILES string of the molecule is CC(C)N(CCO)C(=O)c1cc2sccc2s1. The molecule has 0 aliphatic heterocycles. The summed E-state index contributed by atoms with van der Waals surface area (Å²) in [7, 11) is 0. The van der Waals surface area contributed by atoms with Gasteiger partial charge in [-0.3, -0.25) is 4.79 Å². The number of aliphatic hydroxyl groups is 1. The highest BCUT2D eigenvalue weighted by Gasteiger charge is 2.20. The average Bonchev–Trinajstić information content (AvgIpc) is 2.84. The van der Waals surface area contributed by atoms with E-state index in [1.54, 1.807) is 16.2 Å². The molecule has 0 radical (unpaired) electrons. The Hall–Kier alpha value is -0.910. The van der Waals surface area contributed by atoms with Crippen LogP contribution in [0.3, 0.4) is 0 Å². The van der Waals surface area contributed by atoms with Gasteiger partial charge in [-0.1, -0.05) is 0 Å². The molecule has 0 aliphatic carbocycles. The van der Waals surface area contributed by atoms with Crippen LogP contribution < -0.4 is 0 Å². The number of carbonyl (C=O) groups is 1. The summed E-state index contributed by atoms with van der Waals surface area (Å²) in [6.07, 6.45) is 0. The normalized spacial score (nSPS) is 11.3. The van der Waals surface area contributed by atoms with Crippen molar-refractivity contribution in [3.8, 4) is 0 Å². The summed E-state index contributed by atoms with van der Waals surface area (Å²) in [5.74, 6) is 0.0162. The lowest BCUT2D eigenvalue weighted by molar-refractivity contribution is 0.0670. The zero-order valence-corrected chi connectivity index (χ0v) is 11.5. The minimum absolute atomic E-state index is 0.00363. The van der Waals surface area contributed by atoms with E-state index in [2.05, 4.69) is 0 Å². The molecule has 2 heterocycles. The molecule has 0 atom stereocenters. The maximum atomic E-state index is 12.3. The van der Waals surface area contributed by atoms with Gasteiger partial charge in [0.1, 0.15) is 0 Å². The topological polar surface area (TPSA) is 40.5 Å². The molecule has 92 valence electrons. The molecule has 0 aromatic carbocycles. The maximum Gasteiger partial charge on any atom is 0.264 e. The van der Waals surface area contributed by atoms with E-state index in [9.17, 15) is 4.79 Å². The van der Waals surface area contributed by atoms with Crippen LogP contribution in [0.25, 0.3) is 9.40 Å². The number of fused-ring (bicyclic) bond motifs is 1. The molecule has 2 aromatic rings. The molecule has 2 rings (SSSR count). The Bertz CT molecular complexity index is 487. The molecule has 0 saturated carbocycles. The second kappa shape index (κ2) is 5.16. The van der Waals surface area contributed by atoms with Gasteiger partial charge in [0.2, 0.25) is 0 Å². The molecular weight excluding hydrogens is 254 g/mol. The van der Waals surface area contributed by atoms with Gasteiger partial charge in [-0.2, -0.15) is 0 Å². The lowest BCUT2D eigenvalue weighted by atomic mass is 10.3. The van der Waals surface area contributed by atoms with E-state index < -0.39 is 0 Å². The molecule has 17 heavy (non-hydrogen) atoms. The summed E-state index contributed by atoms with van der Waals surface area (Å²) in [6.45, 7) is 4.32. The monoisotopic (exact) mass is 269 g/mol. The third kappa shape index (κ3) is 2.51. The van der Waals surface area contributed by atoms with Crippen LogP contribution >= 0.6 is 22.7 Å². The fourth-order valence-electron chi connectivity index (χ4n) is 1.71. The third-order valence-corrected chi connectivity index (χ3v) is 4.66. The largest absolute Gasteiger partial charge is 0.395 e. The number of nitrogens with zero attached hydrogens (tertiary/aromatic N) is 1. The van der Waals surface area contributed by atoms with Crippen molar-refractivity contribution in [1.29, 1.82) is 0 Å². The van der Waals surface area contributed by atoms with Gasteiger partial charge in [0.15, 0.2) is 0 Å². The first-order chi connectivity index (χ1) is 8.13. The Morgan fingerprint density at radius 2 is 2.24 bits per heavy atom. The van der Waals surface area contributed by atoms with E-state index in [1.165, 1.54) is 11.3 Å². The van der Waals surface area contributed by atoms with Crippen LogP contribution in [-0.4, -0.2) is 35.1 Å². The van der Waals surface area contributed by atoms with Gasteiger partial charge in [-0.05, 0) is 31.4 Å². The molecule has 1 N–H and O–H groups in total. The Morgan fingerprint density at radius 3 is 2.82 bits per heavy atom. The molecule has 2 aromatic heterocycles. The highest BCUT2D eigenvalue weighted by molar-refractivity contribution is 7.27. The van der Waals surface area contributed by atoms with E-state index in [-0.39, 0.29) is 18.6 Å². The molecule has 0 spiro atoms. The van der Waals surface area contributed by atoms with Crippen LogP contribution in [0, 0.1) is 0 Å². The van der Waals surface area contributed by atoms with Crippen molar-refractivity contribution in [3.63, 3.8) is 0 Å². The van der Waals surface area contributed by atoms with Crippen LogP contribution in [0.4, 0.5) is 0 Å². The van der Waals surface area contributed by atoms with Crippen molar-refractivity contribution in [2.45, 2.75) is 19.9 Å². The van der Waals surface area contributed by atoms with Crippen LogP contribution in [0.2, 0.25) is 0 Å². The third-order valence-electron chi connectivity index (χ3n) is 2.58. The number of hydrogen-bond acceptors (Lipinski definition) is 4. The second-order valence-electron chi connectivity index (χ2n) is 4.08. The summed E-state index contributed by atoms with van der Waals surface area (Å²) in [4.78, 5) is 14.7. The van der Waals surface area contributed by atoms with Crippen molar-refractivity contribution in [2.24, 2.45) is 0 Å². The fourth-order valence-corrected chi connectivity index (χ4v) is 3.78. The smallest absolute Gasteiger partial charge is 0.264 e. The first-order valence-corrected chi connectivity index (χ1v) is 7.22. The number of amides is 1. The lowest BCUT2D eigenvalue weighted by Crippen LogP contribution is -2.38. The minimum Gasteiger partial charge on any atom is -0.395 e. The molecule has 0 fully saturated rings. The van der Waals surface area contributed by atoms with E-state index in [0.717, 1.165) is 14.3 Å². The first kappa shape index (κ1) is 12.5. The highest BCUT2D eigenvalue weighted by Crippen LogP contribution is 2.30. The standard InChI is InChI=1S/C12H15NO2S2/c1-8(2)13(4-5-14)12(15)11-7-10-9(17-11)3-6-16-10/h3,6-8,14H,4-5H2,1-2H3. The van der Waals surface area contributed by atoms with Gasteiger partial charge < -0.3 is 10.0 Å². The van der Waals surface area contributed by atoms with Crippen molar-refractivity contribution in [3.05, 3.63) is 22.4 Å². The number of hydrogen-bond donors (Lipinski definition) is 1. The van der Waals surface area contributed by atoms with E-state index >= 15 is 0 Å². The van der Waals surface area contributed by atoms with Crippen molar-refractivity contribution in [2.75, 3.05) is 13.2 Å². The zero-order valence-electron chi connectivity index (χ0n) is 9.84.